The van der Waals surface area contributed by atoms with Gasteiger partial charge in [0.05, 0.1) is 12.1 Å². The first kappa shape index (κ1) is 12.2. The maximum atomic E-state index is 11.4. The molecule has 1 amide bonds. The minimum atomic E-state index is -0.482. The third kappa shape index (κ3) is 2.33. The lowest BCUT2D eigenvalue weighted by molar-refractivity contribution is 0.0996. The highest BCUT2D eigenvalue weighted by molar-refractivity contribution is 6.03. The van der Waals surface area contributed by atoms with Gasteiger partial charge < -0.3 is 10.6 Å². The lowest BCUT2D eigenvalue weighted by Gasteiger charge is -2.14. The number of primary amides is 1. The van der Waals surface area contributed by atoms with E-state index in [0.717, 1.165) is 37.1 Å². The molecule has 3 rings (SSSR count). The van der Waals surface area contributed by atoms with Crippen LogP contribution in [0, 0.1) is 6.07 Å². The van der Waals surface area contributed by atoms with Crippen LogP contribution in [0.15, 0.2) is 18.2 Å². The van der Waals surface area contributed by atoms with Crippen LogP contribution >= 0.6 is 0 Å². The Balaban J connectivity index is 1.87. The van der Waals surface area contributed by atoms with Crippen molar-refractivity contribution in [3.05, 3.63) is 30.0 Å². The molecule has 0 spiro atoms. The fourth-order valence-electron chi connectivity index (χ4n) is 2.66. The first-order chi connectivity index (χ1) is 9.25. The summed E-state index contributed by atoms with van der Waals surface area (Å²) >= 11 is 0. The number of nitrogens with zero attached hydrogens (tertiary/aromatic N) is 3. The monoisotopic (exact) mass is 257 g/mol. The lowest BCUT2D eigenvalue weighted by Crippen LogP contribution is -2.24. The summed E-state index contributed by atoms with van der Waals surface area (Å²) in [6.07, 6.45) is 2.56. The molecule has 0 aliphatic carbocycles. The van der Waals surface area contributed by atoms with Crippen molar-refractivity contribution in [3.8, 4) is 0 Å². The van der Waals surface area contributed by atoms with Gasteiger partial charge >= 0.3 is 0 Å². The quantitative estimate of drug-likeness (QED) is 0.889. The van der Waals surface area contributed by atoms with E-state index < -0.39 is 5.91 Å². The molecule has 5 nitrogen and oxygen atoms in total. The van der Waals surface area contributed by atoms with Crippen LogP contribution in [0.5, 0.6) is 0 Å². The smallest absolute Gasteiger partial charge is 0.269 e. The van der Waals surface area contributed by atoms with Gasteiger partial charge in [-0.15, -0.1) is 0 Å². The van der Waals surface area contributed by atoms with Crippen molar-refractivity contribution < 1.29 is 4.79 Å². The van der Waals surface area contributed by atoms with Crippen molar-refractivity contribution in [2.24, 2.45) is 5.73 Å². The zero-order valence-electron chi connectivity index (χ0n) is 10.8. The zero-order chi connectivity index (χ0) is 13.2. The van der Waals surface area contributed by atoms with E-state index in [1.807, 2.05) is 16.8 Å². The average molecular weight is 257 g/mol. The Morgan fingerprint density at radius 1 is 1.37 bits per heavy atom. The second-order valence-corrected chi connectivity index (χ2v) is 4.93. The molecular formula is C14H17N4O. The molecule has 19 heavy (non-hydrogen) atoms. The molecule has 0 unspecified atom stereocenters. The standard InChI is InChI=1S/C14H17N4O/c15-14(19)13-11-5-1-2-6-12(11)18(16-13)10-9-17-7-3-4-8-17/h2,5-6H,3-4,7-10H2,(H2,15,19). The first-order valence-electron chi connectivity index (χ1n) is 6.64. The van der Waals surface area contributed by atoms with Crippen molar-refractivity contribution in [1.82, 2.24) is 14.7 Å². The van der Waals surface area contributed by atoms with Crippen LogP contribution in [0.3, 0.4) is 0 Å². The third-order valence-corrected chi connectivity index (χ3v) is 3.66. The summed E-state index contributed by atoms with van der Waals surface area (Å²) in [4.78, 5) is 13.8. The maximum Gasteiger partial charge on any atom is 0.269 e. The van der Waals surface area contributed by atoms with E-state index in [1.165, 1.54) is 12.8 Å². The Morgan fingerprint density at radius 2 is 2.16 bits per heavy atom. The van der Waals surface area contributed by atoms with E-state index >= 15 is 0 Å². The van der Waals surface area contributed by atoms with Crippen LogP contribution in [0.1, 0.15) is 23.3 Å². The number of likely N-dealkylation sites (tertiary alicyclic amines) is 1. The van der Waals surface area contributed by atoms with Crippen LogP contribution in [0.4, 0.5) is 0 Å². The topological polar surface area (TPSA) is 64.2 Å². The predicted octanol–water partition coefficient (Wildman–Crippen LogP) is 1.03. The number of nitrogens with two attached hydrogens (primary N) is 1. The number of hydrogen-bond donors (Lipinski definition) is 1. The van der Waals surface area contributed by atoms with E-state index in [2.05, 4.69) is 16.1 Å². The van der Waals surface area contributed by atoms with Crippen LogP contribution in [0.25, 0.3) is 10.9 Å². The number of hydrogen-bond acceptors (Lipinski definition) is 3. The average Bonchev–Trinajstić information content (AvgIpc) is 3.04. The zero-order valence-corrected chi connectivity index (χ0v) is 10.8. The summed E-state index contributed by atoms with van der Waals surface area (Å²) < 4.78 is 1.88. The molecule has 1 saturated heterocycles. The molecule has 2 N–H and O–H groups in total. The molecule has 0 bridgehead atoms. The Bertz CT molecular complexity index is 599. The highest BCUT2D eigenvalue weighted by Gasteiger charge is 2.16. The van der Waals surface area contributed by atoms with E-state index in [0.29, 0.717) is 5.69 Å². The summed E-state index contributed by atoms with van der Waals surface area (Å²) in [7, 11) is 0. The number of aromatic nitrogens is 2. The largest absolute Gasteiger partial charge is 0.364 e. The van der Waals surface area contributed by atoms with Gasteiger partial charge in [-0.25, -0.2) is 0 Å². The molecule has 0 saturated carbocycles. The molecule has 1 aliphatic heterocycles. The van der Waals surface area contributed by atoms with Gasteiger partial charge in [-0.2, -0.15) is 5.10 Å². The fraction of sp³-hybridized carbons (Fsp3) is 0.429. The molecule has 1 aromatic carbocycles. The van der Waals surface area contributed by atoms with Gasteiger partial charge in [0.1, 0.15) is 0 Å². The number of fused-ring (bicyclic) bond motifs is 1. The van der Waals surface area contributed by atoms with Crippen LogP contribution in [-0.4, -0.2) is 40.2 Å². The highest BCUT2D eigenvalue weighted by Crippen LogP contribution is 2.18. The van der Waals surface area contributed by atoms with Crippen molar-refractivity contribution in [1.29, 1.82) is 0 Å². The van der Waals surface area contributed by atoms with Crippen molar-refractivity contribution in [2.45, 2.75) is 19.4 Å². The number of carbonyl (C=O) groups is 1. The second-order valence-electron chi connectivity index (χ2n) is 4.93. The van der Waals surface area contributed by atoms with E-state index in [1.54, 1.807) is 6.07 Å². The van der Waals surface area contributed by atoms with E-state index in [-0.39, 0.29) is 0 Å². The minimum Gasteiger partial charge on any atom is -0.364 e. The normalized spacial score (nSPS) is 16.2. The van der Waals surface area contributed by atoms with Crippen molar-refractivity contribution in [3.63, 3.8) is 0 Å². The van der Waals surface area contributed by atoms with E-state index in [9.17, 15) is 4.79 Å². The molecule has 1 radical (unpaired) electrons. The Morgan fingerprint density at radius 3 is 2.89 bits per heavy atom. The minimum absolute atomic E-state index is 0.341. The highest BCUT2D eigenvalue weighted by atomic mass is 16.1. The molecular weight excluding hydrogens is 240 g/mol. The Hall–Kier alpha value is -1.88. The van der Waals surface area contributed by atoms with Gasteiger partial charge in [0, 0.05) is 11.9 Å². The first-order valence-corrected chi connectivity index (χ1v) is 6.64. The summed E-state index contributed by atoms with van der Waals surface area (Å²) in [5.74, 6) is -0.482. The molecule has 2 heterocycles. The number of benzene rings is 1. The van der Waals surface area contributed by atoms with Gasteiger partial charge in [0.15, 0.2) is 5.69 Å². The van der Waals surface area contributed by atoms with Crippen molar-refractivity contribution in [2.75, 3.05) is 19.6 Å². The van der Waals surface area contributed by atoms with Gasteiger partial charge in [0.2, 0.25) is 0 Å². The molecule has 1 aliphatic rings. The van der Waals surface area contributed by atoms with Crippen LogP contribution < -0.4 is 5.73 Å². The molecule has 1 aromatic heterocycles. The van der Waals surface area contributed by atoms with Crippen LogP contribution in [-0.2, 0) is 6.54 Å². The van der Waals surface area contributed by atoms with E-state index in [4.69, 9.17) is 5.73 Å². The van der Waals surface area contributed by atoms with Gasteiger partial charge in [0.25, 0.3) is 5.91 Å². The lowest BCUT2D eigenvalue weighted by atomic mass is 10.2. The number of amides is 1. The third-order valence-electron chi connectivity index (χ3n) is 3.66. The van der Waals surface area contributed by atoms with Gasteiger partial charge in [-0.3, -0.25) is 9.48 Å². The molecule has 99 valence electrons. The fourth-order valence-corrected chi connectivity index (χ4v) is 2.66. The molecule has 1 fully saturated rings. The molecule has 0 atom stereocenters. The second kappa shape index (κ2) is 5.01. The summed E-state index contributed by atoms with van der Waals surface area (Å²) in [5.41, 5.74) is 6.66. The van der Waals surface area contributed by atoms with Crippen LogP contribution in [0.2, 0.25) is 0 Å². The van der Waals surface area contributed by atoms with Gasteiger partial charge in [-0.05, 0) is 44.1 Å². The summed E-state index contributed by atoms with van der Waals surface area (Å²) in [6.45, 7) is 4.08. The summed E-state index contributed by atoms with van der Waals surface area (Å²) in [6, 6.07) is 8.51. The maximum absolute atomic E-state index is 11.4. The van der Waals surface area contributed by atoms with Crippen molar-refractivity contribution >= 4 is 16.8 Å². The Kier molecular flexibility index (Phi) is 3.21. The predicted molar refractivity (Wildman–Crippen MR) is 72.8 cm³/mol. The Labute approximate surface area is 112 Å². The molecule has 5 heteroatoms. The van der Waals surface area contributed by atoms with Gasteiger partial charge in [-0.1, -0.05) is 6.07 Å². The SMILES string of the molecule is NC(=O)c1nn(CCN2CCCC2)c2cc[c]cc12. The number of carbonyl (C=O) groups excluding carboxylic acids is 1. The number of rotatable bonds is 4. The summed E-state index contributed by atoms with van der Waals surface area (Å²) in [5, 5.41) is 5.13. The molecule has 2 aromatic rings.